The smallest absolute Gasteiger partial charge is 0.247 e. The third kappa shape index (κ3) is 2.68. The van der Waals surface area contributed by atoms with Crippen LogP contribution in [-0.2, 0) is 6.42 Å². The summed E-state index contributed by atoms with van der Waals surface area (Å²) in [4.78, 5) is 13.5. The zero-order valence-electron chi connectivity index (χ0n) is 8.44. The molecule has 0 saturated carbocycles. The second kappa shape index (κ2) is 5.23. The van der Waals surface area contributed by atoms with Crippen LogP contribution in [0, 0.1) is 0 Å². The molecule has 2 aromatic heterocycles. The van der Waals surface area contributed by atoms with Gasteiger partial charge in [0.2, 0.25) is 5.56 Å². The molecule has 0 bridgehead atoms. The molecule has 16 heavy (non-hydrogen) atoms. The van der Waals surface area contributed by atoms with Gasteiger partial charge in [0.15, 0.2) is 0 Å². The number of pyridine rings is 1. The highest BCUT2D eigenvalue weighted by molar-refractivity contribution is 7.14. The van der Waals surface area contributed by atoms with Crippen LogP contribution in [0.15, 0.2) is 23.1 Å². The number of rotatable bonds is 4. The number of H-pyrrole nitrogens is 1. The Morgan fingerprint density at radius 1 is 1.38 bits per heavy atom. The first kappa shape index (κ1) is 11.3. The Morgan fingerprint density at radius 2 is 2.25 bits per heavy atom. The van der Waals surface area contributed by atoms with Crippen molar-refractivity contribution in [3.05, 3.63) is 33.7 Å². The minimum atomic E-state index is -0.115. The minimum absolute atomic E-state index is 0.115. The number of alkyl halides is 1. The van der Waals surface area contributed by atoms with Crippen molar-refractivity contribution >= 4 is 22.9 Å². The molecule has 0 atom stereocenters. The summed E-state index contributed by atoms with van der Waals surface area (Å²) < 4.78 is 0. The molecule has 1 N–H and O–H groups in total. The largest absolute Gasteiger partial charge is 0.328 e. The maximum Gasteiger partial charge on any atom is 0.247 e. The second-order valence-corrected chi connectivity index (χ2v) is 4.68. The van der Waals surface area contributed by atoms with Crippen LogP contribution >= 0.6 is 22.9 Å². The fourth-order valence-corrected chi connectivity index (χ4v) is 2.24. The van der Waals surface area contributed by atoms with E-state index < -0.39 is 0 Å². The van der Waals surface area contributed by atoms with Gasteiger partial charge in [0.1, 0.15) is 10.0 Å². The summed E-state index contributed by atoms with van der Waals surface area (Å²) in [6.45, 7) is 0. The lowest BCUT2D eigenvalue weighted by Gasteiger charge is -1.92. The van der Waals surface area contributed by atoms with Crippen LogP contribution in [0.2, 0.25) is 0 Å². The number of aromatic amines is 1. The van der Waals surface area contributed by atoms with E-state index in [0.29, 0.717) is 5.88 Å². The minimum Gasteiger partial charge on any atom is -0.328 e. The Bertz CT molecular complexity index is 502. The fourth-order valence-electron chi connectivity index (χ4n) is 1.23. The lowest BCUT2D eigenvalue weighted by molar-refractivity contribution is 0.884. The first-order valence-corrected chi connectivity index (χ1v) is 6.22. The van der Waals surface area contributed by atoms with Gasteiger partial charge in [0.25, 0.3) is 0 Å². The number of halogens is 1. The molecule has 2 heterocycles. The van der Waals surface area contributed by atoms with Crippen LogP contribution < -0.4 is 5.56 Å². The van der Waals surface area contributed by atoms with Gasteiger partial charge in [0, 0.05) is 30.1 Å². The Hall–Kier alpha value is -1.20. The highest BCUT2D eigenvalue weighted by Gasteiger charge is 2.06. The van der Waals surface area contributed by atoms with Gasteiger partial charge in [-0.25, -0.2) is 0 Å². The molecule has 0 aliphatic rings. The van der Waals surface area contributed by atoms with Gasteiger partial charge in [-0.15, -0.1) is 21.8 Å². The van der Waals surface area contributed by atoms with Gasteiger partial charge in [-0.1, -0.05) is 11.3 Å². The summed E-state index contributed by atoms with van der Waals surface area (Å²) >= 11 is 7.14. The molecule has 6 heteroatoms. The van der Waals surface area contributed by atoms with Gasteiger partial charge in [-0.2, -0.15) is 0 Å². The highest BCUT2D eigenvalue weighted by atomic mass is 35.5. The summed E-state index contributed by atoms with van der Waals surface area (Å²) in [5.41, 5.74) is 0.768. The highest BCUT2D eigenvalue weighted by Crippen LogP contribution is 2.22. The number of aryl methyl sites for hydroxylation is 1. The van der Waals surface area contributed by atoms with Crippen molar-refractivity contribution < 1.29 is 0 Å². The maximum absolute atomic E-state index is 10.9. The molecular formula is C10H10ClN3OS. The third-order valence-electron chi connectivity index (χ3n) is 2.02. The lowest BCUT2D eigenvalue weighted by Crippen LogP contribution is -2.01. The van der Waals surface area contributed by atoms with E-state index in [1.807, 2.05) is 0 Å². The van der Waals surface area contributed by atoms with E-state index in [4.69, 9.17) is 11.6 Å². The summed E-state index contributed by atoms with van der Waals surface area (Å²) in [6, 6.07) is 3.22. The van der Waals surface area contributed by atoms with E-state index in [-0.39, 0.29) is 5.56 Å². The second-order valence-electron chi connectivity index (χ2n) is 3.24. The average Bonchev–Trinajstić information content (AvgIpc) is 2.76. The quantitative estimate of drug-likeness (QED) is 0.851. The standard InChI is InChI=1S/C10H10ClN3OS/c11-5-1-2-9-13-14-10(16-9)7-3-4-8(15)12-6-7/h3-4,6H,1-2,5H2,(H,12,15). The van der Waals surface area contributed by atoms with Gasteiger partial charge >= 0.3 is 0 Å². The van der Waals surface area contributed by atoms with Crippen molar-refractivity contribution in [2.24, 2.45) is 0 Å². The first-order chi connectivity index (χ1) is 7.79. The number of aromatic nitrogens is 3. The molecule has 84 valence electrons. The van der Waals surface area contributed by atoms with Crippen molar-refractivity contribution in [3.63, 3.8) is 0 Å². The molecule has 0 aliphatic carbocycles. The molecule has 2 aromatic rings. The molecular weight excluding hydrogens is 246 g/mol. The zero-order chi connectivity index (χ0) is 11.4. The topological polar surface area (TPSA) is 58.6 Å². The Kier molecular flexibility index (Phi) is 3.69. The molecule has 0 spiro atoms. The lowest BCUT2D eigenvalue weighted by atomic mass is 10.3. The van der Waals surface area contributed by atoms with Crippen molar-refractivity contribution in [1.29, 1.82) is 0 Å². The Balaban J connectivity index is 2.18. The van der Waals surface area contributed by atoms with Crippen LogP contribution in [0.25, 0.3) is 10.6 Å². The number of nitrogens with one attached hydrogen (secondary N) is 1. The average molecular weight is 256 g/mol. The number of hydrogen-bond acceptors (Lipinski definition) is 4. The monoisotopic (exact) mass is 255 g/mol. The van der Waals surface area contributed by atoms with Crippen LogP contribution in [0.5, 0.6) is 0 Å². The zero-order valence-corrected chi connectivity index (χ0v) is 10.0. The van der Waals surface area contributed by atoms with E-state index >= 15 is 0 Å². The van der Waals surface area contributed by atoms with Crippen molar-refractivity contribution in [2.45, 2.75) is 12.8 Å². The van der Waals surface area contributed by atoms with Crippen molar-refractivity contribution in [2.75, 3.05) is 5.88 Å². The third-order valence-corrected chi connectivity index (χ3v) is 3.32. The summed E-state index contributed by atoms with van der Waals surface area (Å²) in [6.07, 6.45) is 3.40. The molecule has 0 aliphatic heterocycles. The van der Waals surface area contributed by atoms with Crippen LogP contribution in [0.3, 0.4) is 0 Å². The summed E-state index contributed by atoms with van der Waals surface area (Å²) in [5, 5.41) is 9.94. The van der Waals surface area contributed by atoms with Gasteiger partial charge < -0.3 is 4.98 Å². The van der Waals surface area contributed by atoms with Crippen molar-refractivity contribution in [3.8, 4) is 10.6 Å². The van der Waals surface area contributed by atoms with Crippen LogP contribution in [0.1, 0.15) is 11.4 Å². The van der Waals surface area contributed by atoms with E-state index in [0.717, 1.165) is 28.4 Å². The van der Waals surface area contributed by atoms with E-state index in [9.17, 15) is 4.79 Å². The molecule has 0 radical (unpaired) electrons. The van der Waals surface area contributed by atoms with E-state index in [2.05, 4.69) is 15.2 Å². The van der Waals surface area contributed by atoms with Gasteiger partial charge in [-0.3, -0.25) is 4.79 Å². The van der Waals surface area contributed by atoms with Crippen molar-refractivity contribution in [1.82, 2.24) is 15.2 Å². The molecule has 0 fully saturated rings. The fraction of sp³-hybridized carbons (Fsp3) is 0.300. The first-order valence-electron chi connectivity index (χ1n) is 4.87. The van der Waals surface area contributed by atoms with E-state index in [1.165, 1.54) is 17.4 Å². The SMILES string of the molecule is O=c1ccc(-c2nnc(CCCCl)s2)c[nH]1. The molecule has 0 aromatic carbocycles. The van der Waals surface area contributed by atoms with Crippen LogP contribution in [0.4, 0.5) is 0 Å². The summed E-state index contributed by atoms with van der Waals surface area (Å²) in [7, 11) is 0. The number of nitrogens with zero attached hydrogens (tertiary/aromatic N) is 2. The molecule has 2 rings (SSSR count). The molecule has 0 amide bonds. The normalized spacial score (nSPS) is 10.6. The maximum atomic E-state index is 10.9. The summed E-state index contributed by atoms with van der Waals surface area (Å²) in [5.74, 6) is 0.633. The molecule has 0 saturated heterocycles. The molecule has 0 unspecified atom stereocenters. The Morgan fingerprint density at radius 3 is 2.94 bits per heavy atom. The van der Waals surface area contributed by atoms with Gasteiger partial charge in [-0.05, 0) is 12.5 Å². The molecule has 4 nitrogen and oxygen atoms in total. The number of hydrogen-bond donors (Lipinski definition) is 1. The van der Waals surface area contributed by atoms with Crippen LogP contribution in [-0.4, -0.2) is 21.1 Å². The Labute approximate surface area is 101 Å². The predicted octanol–water partition coefficient (Wildman–Crippen LogP) is 2.06. The van der Waals surface area contributed by atoms with Gasteiger partial charge in [0.05, 0.1) is 0 Å². The van der Waals surface area contributed by atoms with E-state index in [1.54, 1.807) is 12.3 Å². The predicted molar refractivity (Wildman–Crippen MR) is 65.0 cm³/mol.